The first kappa shape index (κ1) is 27.6. The fourth-order valence-electron chi connectivity index (χ4n) is 3.61. The molecular formula is C23H39IN4O3. The Morgan fingerprint density at radius 3 is 2.68 bits per heavy atom. The molecular weight excluding hydrogens is 507 g/mol. The first-order valence-electron chi connectivity index (χ1n) is 11.1. The number of aliphatic hydroxyl groups excluding tert-OH is 1. The van der Waals surface area contributed by atoms with Gasteiger partial charge in [0.1, 0.15) is 0 Å². The Kier molecular flexibility index (Phi) is 13.7. The van der Waals surface area contributed by atoms with E-state index in [-0.39, 0.29) is 61.0 Å². The molecule has 7 nitrogen and oxygen atoms in total. The summed E-state index contributed by atoms with van der Waals surface area (Å²) in [5.74, 6) is 0.859. The van der Waals surface area contributed by atoms with Gasteiger partial charge in [0.05, 0.1) is 25.9 Å². The predicted molar refractivity (Wildman–Crippen MR) is 136 cm³/mol. The molecule has 4 N–H and O–H groups in total. The Hall–Kier alpha value is -1.39. The number of aliphatic imine (C=N–C) groups is 1. The van der Waals surface area contributed by atoms with Crippen LogP contribution in [0.4, 0.5) is 0 Å². The van der Waals surface area contributed by atoms with E-state index in [2.05, 4.69) is 20.9 Å². The zero-order chi connectivity index (χ0) is 21.8. The Morgan fingerprint density at radius 1 is 1.26 bits per heavy atom. The van der Waals surface area contributed by atoms with Crippen molar-refractivity contribution in [1.82, 2.24) is 16.0 Å². The minimum absolute atomic E-state index is 0. The van der Waals surface area contributed by atoms with Crippen molar-refractivity contribution in [2.75, 3.05) is 19.7 Å². The number of nitrogens with zero attached hydrogens (tertiary/aromatic N) is 1. The molecule has 1 saturated carbocycles. The summed E-state index contributed by atoms with van der Waals surface area (Å²) in [6, 6.07) is 10.3. The third-order valence-corrected chi connectivity index (χ3v) is 5.04. The molecule has 1 amide bonds. The third-order valence-electron chi connectivity index (χ3n) is 5.04. The number of halogens is 1. The van der Waals surface area contributed by atoms with Crippen LogP contribution in [-0.2, 0) is 16.1 Å². The van der Waals surface area contributed by atoms with Crippen molar-refractivity contribution in [1.29, 1.82) is 0 Å². The van der Waals surface area contributed by atoms with Crippen LogP contribution in [0.1, 0.15) is 52.0 Å². The number of aliphatic hydroxyl groups is 1. The van der Waals surface area contributed by atoms with Gasteiger partial charge in [0.15, 0.2) is 5.96 Å². The van der Waals surface area contributed by atoms with Gasteiger partial charge in [-0.15, -0.1) is 24.0 Å². The SMILES string of the molecule is CCNC(=NCC(O)COCc1ccccc1)NC1CCCC(C(=O)NC(C)C)C1.I. The lowest BCUT2D eigenvalue weighted by Crippen LogP contribution is -2.47. The third kappa shape index (κ3) is 11.2. The molecule has 0 radical (unpaired) electrons. The quantitative estimate of drug-likeness (QED) is 0.206. The molecule has 2 rings (SSSR count). The molecule has 1 aromatic carbocycles. The van der Waals surface area contributed by atoms with E-state index in [9.17, 15) is 9.90 Å². The van der Waals surface area contributed by atoms with Gasteiger partial charge in [-0.25, -0.2) is 0 Å². The number of amides is 1. The molecule has 0 heterocycles. The molecule has 0 bridgehead atoms. The van der Waals surface area contributed by atoms with Crippen molar-refractivity contribution < 1.29 is 14.6 Å². The van der Waals surface area contributed by atoms with Crippen LogP contribution in [0.5, 0.6) is 0 Å². The molecule has 31 heavy (non-hydrogen) atoms. The van der Waals surface area contributed by atoms with Gasteiger partial charge in [0.2, 0.25) is 5.91 Å². The maximum Gasteiger partial charge on any atom is 0.223 e. The van der Waals surface area contributed by atoms with E-state index in [1.807, 2.05) is 51.1 Å². The molecule has 176 valence electrons. The standard InChI is InChI=1S/C23H38N4O3.HI/c1-4-24-23(25-14-21(28)16-30-15-18-9-6-5-7-10-18)27-20-12-8-11-19(13-20)22(29)26-17(2)3;/h5-7,9-10,17,19-21,28H,4,8,11-16H2,1-3H3,(H,26,29)(H2,24,25,27);1H. The van der Waals surface area contributed by atoms with E-state index < -0.39 is 6.10 Å². The summed E-state index contributed by atoms with van der Waals surface area (Å²) in [7, 11) is 0. The Balaban J connectivity index is 0.00000480. The van der Waals surface area contributed by atoms with Crippen LogP contribution >= 0.6 is 24.0 Å². The average molecular weight is 546 g/mol. The molecule has 1 aliphatic carbocycles. The summed E-state index contributed by atoms with van der Waals surface area (Å²) in [6.07, 6.45) is 3.09. The summed E-state index contributed by atoms with van der Waals surface area (Å²) in [4.78, 5) is 16.9. The van der Waals surface area contributed by atoms with Crippen molar-refractivity contribution >= 4 is 35.8 Å². The molecule has 1 aromatic rings. The molecule has 3 atom stereocenters. The Morgan fingerprint density at radius 2 is 2.00 bits per heavy atom. The van der Waals surface area contributed by atoms with Gasteiger partial charge in [-0.3, -0.25) is 9.79 Å². The molecule has 0 spiro atoms. The van der Waals surface area contributed by atoms with E-state index >= 15 is 0 Å². The lowest BCUT2D eigenvalue weighted by Gasteiger charge is -2.30. The zero-order valence-corrected chi connectivity index (χ0v) is 21.3. The van der Waals surface area contributed by atoms with E-state index in [0.717, 1.165) is 37.8 Å². The van der Waals surface area contributed by atoms with Gasteiger partial charge in [-0.05, 0) is 45.6 Å². The van der Waals surface area contributed by atoms with Crippen LogP contribution in [0.2, 0.25) is 0 Å². The van der Waals surface area contributed by atoms with Gasteiger partial charge < -0.3 is 25.8 Å². The number of benzene rings is 1. The molecule has 8 heteroatoms. The normalized spacial score (nSPS) is 20.0. The Bertz CT molecular complexity index is 657. The lowest BCUT2D eigenvalue weighted by atomic mass is 9.85. The fraction of sp³-hybridized carbons (Fsp3) is 0.652. The average Bonchev–Trinajstić information content (AvgIpc) is 2.73. The second-order valence-electron chi connectivity index (χ2n) is 8.24. The van der Waals surface area contributed by atoms with Crippen molar-refractivity contribution in [3.63, 3.8) is 0 Å². The van der Waals surface area contributed by atoms with Crippen LogP contribution in [0.25, 0.3) is 0 Å². The maximum absolute atomic E-state index is 12.4. The van der Waals surface area contributed by atoms with Gasteiger partial charge in [-0.2, -0.15) is 0 Å². The smallest absolute Gasteiger partial charge is 0.223 e. The van der Waals surface area contributed by atoms with Gasteiger partial charge in [-0.1, -0.05) is 36.8 Å². The predicted octanol–water partition coefficient (Wildman–Crippen LogP) is 2.82. The number of guanidine groups is 1. The van der Waals surface area contributed by atoms with Crippen molar-refractivity contribution in [2.45, 2.75) is 71.2 Å². The topological polar surface area (TPSA) is 95.0 Å². The zero-order valence-electron chi connectivity index (χ0n) is 19.0. The highest BCUT2D eigenvalue weighted by atomic mass is 127. The highest BCUT2D eigenvalue weighted by molar-refractivity contribution is 14.0. The number of carbonyl (C=O) groups excluding carboxylic acids is 1. The number of nitrogens with one attached hydrogen (secondary N) is 3. The summed E-state index contributed by atoms with van der Waals surface area (Å²) in [5, 5.41) is 19.9. The van der Waals surface area contributed by atoms with Crippen LogP contribution < -0.4 is 16.0 Å². The summed E-state index contributed by atoms with van der Waals surface area (Å²) >= 11 is 0. The van der Waals surface area contributed by atoms with E-state index in [1.165, 1.54) is 0 Å². The molecule has 0 saturated heterocycles. The van der Waals surface area contributed by atoms with E-state index in [0.29, 0.717) is 12.6 Å². The molecule has 0 aliphatic heterocycles. The number of hydrogen-bond acceptors (Lipinski definition) is 4. The van der Waals surface area contributed by atoms with Crippen LogP contribution in [0.15, 0.2) is 35.3 Å². The summed E-state index contributed by atoms with van der Waals surface area (Å²) < 4.78 is 5.59. The van der Waals surface area contributed by atoms with E-state index in [1.54, 1.807) is 0 Å². The number of carbonyl (C=O) groups is 1. The maximum atomic E-state index is 12.4. The van der Waals surface area contributed by atoms with Gasteiger partial charge in [0.25, 0.3) is 0 Å². The second kappa shape index (κ2) is 15.4. The molecule has 1 aliphatic rings. The van der Waals surface area contributed by atoms with Crippen molar-refractivity contribution in [3.05, 3.63) is 35.9 Å². The van der Waals surface area contributed by atoms with Crippen LogP contribution in [0, 0.1) is 5.92 Å². The lowest BCUT2D eigenvalue weighted by molar-refractivity contribution is -0.126. The molecule has 0 aromatic heterocycles. The minimum Gasteiger partial charge on any atom is -0.389 e. The highest BCUT2D eigenvalue weighted by Gasteiger charge is 2.28. The molecule has 3 unspecified atom stereocenters. The first-order chi connectivity index (χ1) is 14.5. The molecule has 1 fully saturated rings. The van der Waals surface area contributed by atoms with Gasteiger partial charge in [0, 0.05) is 24.5 Å². The van der Waals surface area contributed by atoms with Crippen molar-refractivity contribution in [2.24, 2.45) is 10.9 Å². The van der Waals surface area contributed by atoms with Gasteiger partial charge >= 0.3 is 0 Å². The number of hydrogen-bond donors (Lipinski definition) is 4. The fourth-order valence-corrected chi connectivity index (χ4v) is 3.61. The van der Waals surface area contributed by atoms with Crippen molar-refractivity contribution in [3.8, 4) is 0 Å². The second-order valence-corrected chi connectivity index (χ2v) is 8.24. The Labute approximate surface area is 203 Å². The summed E-state index contributed by atoms with van der Waals surface area (Å²) in [6.45, 7) is 7.68. The minimum atomic E-state index is -0.667. The van der Waals surface area contributed by atoms with Crippen LogP contribution in [-0.4, -0.2) is 54.9 Å². The van der Waals surface area contributed by atoms with Crippen LogP contribution in [0.3, 0.4) is 0 Å². The monoisotopic (exact) mass is 546 g/mol. The van der Waals surface area contributed by atoms with E-state index in [4.69, 9.17) is 4.74 Å². The number of ether oxygens (including phenoxy) is 1. The number of rotatable bonds is 10. The largest absolute Gasteiger partial charge is 0.389 e. The summed E-state index contributed by atoms with van der Waals surface area (Å²) in [5.41, 5.74) is 1.08. The highest BCUT2D eigenvalue weighted by Crippen LogP contribution is 2.24. The first-order valence-corrected chi connectivity index (χ1v) is 11.1.